The van der Waals surface area contributed by atoms with Crippen LogP contribution in [0.5, 0.6) is 0 Å². The molecular weight excluding hydrogens is 420 g/mol. The van der Waals surface area contributed by atoms with Crippen molar-refractivity contribution < 1.29 is 0 Å². The number of thioether (sulfide) groups is 2. The van der Waals surface area contributed by atoms with Gasteiger partial charge in [-0.15, -0.1) is 10.2 Å². The number of aromatic nitrogens is 4. The SMILES string of the molecule is CSc1nnc(CSc2nc3ccccc3c(=O)n2CCCc2ccccc2)s1. The first kappa shape index (κ1) is 20.1. The lowest BCUT2D eigenvalue weighted by atomic mass is 10.1. The van der Waals surface area contributed by atoms with Crippen molar-refractivity contribution in [3.05, 3.63) is 75.5 Å². The highest BCUT2D eigenvalue weighted by Crippen LogP contribution is 2.26. The van der Waals surface area contributed by atoms with Crippen molar-refractivity contribution in [3.63, 3.8) is 0 Å². The monoisotopic (exact) mass is 440 g/mol. The molecule has 0 bridgehead atoms. The quantitative estimate of drug-likeness (QED) is 0.287. The Labute approximate surface area is 181 Å². The third-order valence-corrected chi connectivity index (χ3v) is 7.53. The second kappa shape index (κ2) is 9.56. The van der Waals surface area contributed by atoms with E-state index in [4.69, 9.17) is 4.98 Å². The molecule has 2 heterocycles. The summed E-state index contributed by atoms with van der Waals surface area (Å²) < 4.78 is 2.76. The zero-order chi connectivity index (χ0) is 20.1. The highest BCUT2D eigenvalue weighted by Gasteiger charge is 2.13. The Morgan fingerprint density at radius 3 is 2.62 bits per heavy atom. The average Bonchev–Trinajstić information content (AvgIpc) is 3.23. The summed E-state index contributed by atoms with van der Waals surface area (Å²) in [7, 11) is 0. The van der Waals surface area contributed by atoms with Crippen molar-refractivity contribution in [2.24, 2.45) is 0 Å². The van der Waals surface area contributed by atoms with Crippen LogP contribution in [0.2, 0.25) is 0 Å². The maximum atomic E-state index is 13.1. The van der Waals surface area contributed by atoms with Crippen LogP contribution in [0.15, 0.2) is 68.9 Å². The van der Waals surface area contributed by atoms with Gasteiger partial charge in [0.2, 0.25) is 0 Å². The predicted molar refractivity (Wildman–Crippen MR) is 122 cm³/mol. The predicted octanol–water partition coefficient (Wildman–Crippen LogP) is 4.90. The molecule has 148 valence electrons. The number of fused-ring (bicyclic) bond motifs is 1. The normalized spacial score (nSPS) is 11.2. The molecule has 2 aromatic carbocycles. The van der Waals surface area contributed by atoms with Gasteiger partial charge < -0.3 is 0 Å². The van der Waals surface area contributed by atoms with Crippen LogP contribution < -0.4 is 5.56 Å². The van der Waals surface area contributed by atoms with Crippen LogP contribution in [-0.4, -0.2) is 26.0 Å². The molecule has 4 rings (SSSR count). The van der Waals surface area contributed by atoms with E-state index in [1.54, 1.807) is 34.9 Å². The zero-order valence-electron chi connectivity index (χ0n) is 15.9. The second-order valence-electron chi connectivity index (χ2n) is 6.41. The lowest BCUT2D eigenvalue weighted by Crippen LogP contribution is -2.23. The molecule has 0 atom stereocenters. The molecule has 0 aliphatic heterocycles. The summed E-state index contributed by atoms with van der Waals surface area (Å²) in [6, 6.07) is 17.9. The minimum atomic E-state index is 0.0215. The molecule has 0 spiro atoms. The molecule has 0 amide bonds. The highest BCUT2D eigenvalue weighted by molar-refractivity contribution is 8.00. The van der Waals surface area contributed by atoms with Gasteiger partial charge >= 0.3 is 0 Å². The maximum absolute atomic E-state index is 13.1. The minimum Gasteiger partial charge on any atom is -0.287 e. The van der Waals surface area contributed by atoms with Crippen LogP contribution in [0.1, 0.15) is 17.0 Å². The van der Waals surface area contributed by atoms with Crippen LogP contribution in [0.3, 0.4) is 0 Å². The molecule has 8 heteroatoms. The van der Waals surface area contributed by atoms with Crippen molar-refractivity contribution in [2.75, 3.05) is 6.26 Å². The number of rotatable bonds is 8. The summed E-state index contributed by atoms with van der Waals surface area (Å²) in [6.45, 7) is 0.639. The fourth-order valence-electron chi connectivity index (χ4n) is 3.05. The molecule has 0 aliphatic carbocycles. The van der Waals surface area contributed by atoms with Gasteiger partial charge in [-0.25, -0.2) is 4.98 Å². The van der Waals surface area contributed by atoms with Gasteiger partial charge in [0.05, 0.1) is 16.7 Å². The van der Waals surface area contributed by atoms with Gasteiger partial charge in [0.25, 0.3) is 5.56 Å². The summed E-state index contributed by atoms with van der Waals surface area (Å²) >= 11 is 4.73. The number of benzene rings is 2. The Bertz CT molecular complexity index is 1160. The Kier molecular flexibility index (Phi) is 6.63. The van der Waals surface area contributed by atoms with Crippen molar-refractivity contribution in [1.29, 1.82) is 0 Å². The number of hydrogen-bond donors (Lipinski definition) is 0. The average molecular weight is 441 g/mol. The van der Waals surface area contributed by atoms with Crippen molar-refractivity contribution in [1.82, 2.24) is 19.7 Å². The Morgan fingerprint density at radius 2 is 1.83 bits per heavy atom. The molecule has 0 saturated carbocycles. The summed E-state index contributed by atoms with van der Waals surface area (Å²) in [5.74, 6) is 0.654. The topological polar surface area (TPSA) is 60.7 Å². The van der Waals surface area contributed by atoms with E-state index in [0.29, 0.717) is 17.7 Å². The number of para-hydroxylation sites is 1. The molecule has 0 unspecified atom stereocenters. The third kappa shape index (κ3) is 4.88. The molecule has 5 nitrogen and oxygen atoms in total. The fourth-order valence-corrected chi connectivity index (χ4v) is 5.37. The lowest BCUT2D eigenvalue weighted by molar-refractivity contribution is 0.564. The number of nitrogens with zero attached hydrogens (tertiary/aromatic N) is 4. The van der Waals surface area contributed by atoms with Crippen LogP contribution in [0.4, 0.5) is 0 Å². The highest BCUT2D eigenvalue weighted by atomic mass is 32.2. The molecule has 0 N–H and O–H groups in total. The second-order valence-corrected chi connectivity index (χ2v) is 9.47. The fraction of sp³-hybridized carbons (Fsp3) is 0.238. The van der Waals surface area contributed by atoms with Crippen LogP contribution in [0, 0.1) is 0 Å². The Morgan fingerprint density at radius 1 is 1.03 bits per heavy atom. The van der Waals surface area contributed by atoms with Gasteiger partial charge in [-0.1, -0.05) is 77.3 Å². The molecule has 4 aromatic rings. The van der Waals surface area contributed by atoms with E-state index in [2.05, 4.69) is 22.3 Å². The van der Waals surface area contributed by atoms with Gasteiger partial charge in [-0.3, -0.25) is 9.36 Å². The standard InChI is InChI=1S/C21H20N4OS3/c1-27-21-24-23-18(29-21)14-28-20-22-17-12-6-5-11-16(17)19(26)25(20)13-7-10-15-8-3-2-4-9-15/h2-6,8-9,11-12H,7,10,13-14H2,1H3. The molecule has 29 heavy (non-hydrogen) atoms. The summed E-state index contributed by atoms with van der Waals surface area (Å²) in [4.78, 5) is 17.9. The summed E-state index contributed by atoms with van der Waals surface area (Å²) in [6.07, 6.45) is 3.80. The van der Waals surface area contributed by atoms with Crippen molar-refractivity contribution in [2.45, 2.75) is 34.6 Å². The molecule has 0 saturated heterocycles. The number of hydrogen-bond acceptors (Lipinski definition) is 7. The number of aryl methyl sites for hydroxylation is 1. The van der Waals surface area contributed by atoms with E-state index >= 15 is 0 Å². The van der Waals surface area contributed by atoms with E-state index in [1.165, 1.54) is 5.56 Å². The van der Waals surface area contributed by atoms with Crippen LogP contribution >= 0.6 is 34.9 Å². The van der Waals surface area contributed by atoms with Crippen LogP contribution in [-0.2, 0) is 18.7 Å². The minimum absolute atomic E-state index is 0.0215. The summed E-state index contributed by atoms with van der Waals surface area (Å²) in [5, 5.41) is 10.7. The van der Waals surface area contributed by atoms with Crippen LogP contribution in [0.25, 0.3) is 10.9 Å². The summed E-state index contributed by atoms with van der Waals surface area (Å²) in [5.41, 5.74) is 2.04. The van der Waals surface area contributed by atoms with Gasteiger partial charge in [0.1, 0.15) is 5.01 Å². The van der Waals surface area contributed by atoms with Crippen molar-refractivity contribution >= 4 is 45.8 Å². The smallest absolute Gasteiger partial charge is 0.262 e. The largest absolute Gasteiger partial charge is 0.287 e. The van der Waals surface area contributed by atoms with Gasteiger partial charge in [-0.2, -0.15) is 0 Å². The molecule has 0 fully saturated rings. The van der Waals surface area contributed by atoms with E-state index in [0.717, 1.165) is 32.9 Å². The molecule has 0 radical (unpaired) electrons. The van der Waals surface area contributed by atoms with Crippen molar-refractivity contribution in [3.8, 4) is 0 Å². The Hall–Kier alpha value is -2.16. The van der Waals surface area contributed by atoms with E-state index in [-0.39, 0.29) is 5.56 Å². The van der Waals surface area contributed by atoms with Gasteiger partial charge in [0, 0.05) is 6.54 Å². The first-order valence-electron chi connectivity index (χ1n) is 9.27. The van der Waals surface area contributed by atoms with E-state index in [9.17, 15) is 4.79 Å². The zero-order valence-corrected chi connectivity index (χ0v) is 18.4. The van der Waals surface area contributed by atoms with E-state index in [1.807, 2.05) is 53.3 Å². The molecule has 0 aliphatic rings. The van der Waals surface area contributed by atoms with E-state index < -0.39 is 0 Å². The lowest BCUT2D eigenvalue weighted by Gasteiger charge is -2.12. The third-order valence-electron chi connectivity index (χ3n) is 4.46. The first-order valence-corrected chi connectivity index (χ1v) is 12.3. The Balaban J connectivity index is 1.58. The maximum Gasteiger partial charge on any atom is 0.262 e. The van der Waals surface area contributed by atoms with Gasteiger partial charge in [0.15, 0.2) is 9.50 Å². The molecular formula is C21H20N4OS3. The first-order chi connectivity index (χ1) is 14.2. The van der Waals surface area contributed by atoms with Gasteiger partial charge in [-0.05, 0) is 36.8 Å². The molecule has 2 aromatic heterocycles.